The Morgan fingerprint density at radius 3 is 2.58 bits per heavy atom. The smallest absolute Gasteiger partial charge is 0.264 e. The number of aromatic nitrogens is 2. The van der Waals surface area contributed by atoms with E-state index in [2.05, 4.69) is 30.8 Å². The molecule has 102 valence electrons. The van der Waals surface area contributed by atoms with Crippen molar-refractivity contribution in [2.75, 3.05) is 10.5 Å². The highest BCUT2D eigenvalue weighted by Crippen LogP contribution is 2.28. The second-order valence-corrected chi connectivity index (χ2v) is 7.56. The molecule has 0 aliphatic heterocycles. The summed E-state index contributed by atoms with van der Waals surface area (Å²) in [6, 6.07) is 3.07. The van der Waals surface area contributed by atoms with Gasteiger partial charge in [-0.1, -0.05) is 11.3 Å². The normalized spacial score (nSPS) is 11.5. The van der Waals surface area contributed by atoms with Gasteiger partial charge in [-0.2, -0.15) is 0 Å². The monoisotopic (exact) mass is 362 g/mol. The summed E-state index contributed by atoms with van der Waals surface area (Å²) in [7, 11) is -3.71. The first kappa shape index (κ1) is 14.2. The van der Waals surface area contributed by atoms with Crippen molar-refractivity contribution >= 4 is 48.1 Å². The van der Waals surface area contributed by atoms with E-state index in [0.717, 1.165) is 0 Å². The number of nitrogens with one attached hydrogen (secondary N) is 1. The van der Waals surface area contributed by atoms with Crippen molar-refractivity contribution in [3.8, 4) is 0 Å². The Labute approximate surface area is 123 Å². The van der Waals surface area contributed by atoms with Crippen LogP contribution in [0.25, 0.3) is 0 Å². The van der Waals surface area contributed by atoms with Gasteiger partial charge in [-0.3, -0.25) is 4.72 Å². The molecule has 2 aromatic rings. The molecule has 6 nitrogen and oxygen atoms in total. The zero-order valence-corrected chi connectivity index (χ0v) is 13.4. The standard InChI is InChI=1S/C10H11BrN4O2S2/c1-5-3-7(11)8(12)4-9(5)19(16,17)15-10-14-13-6(2)18-10/h3-4H,12H2,1-2H3,(H,14,15). The molecule has 0 radical (unpaired) electrons. The molecule has 0 unspecified atom stereocenters. The highest BCUT2D eigenvalue weighted by atomic mass is 79.9. The van der Waals surface area contributed by atoms with Crippen LogP contribution in [-0.2, 0) is 10.0 Å². The van der Waals surface area contributed by atoms with Gasteiger partial charge in [0, 0.05) is 10.2 Å². The molecule has 0 fully saturated rings. The quantitative estimate of drug-likeness (QED) is 0.816. The molecule has 0 bridgehead atoms. The first-order chi connectivity index (χ1) is 8.79. The highest BCUT2D eigenvalue weighted by molar-refractivity contribution is 9.10. The van der Waals surface area contributed by atoms with Crippen molar-refractivity contribution < 1.29 is 8.42 Å². The number of hydrogen-bond acceptors (Lipinski definition) is 6. The van der Waals surface area contributed by atoms with E-state index in [1.54, 1.807) is 19.9 Å². The van der Waals surface area contributed by atoms with E-state index < -0.39 is 10.0 Å². The lowest BCUT2D eigenvalue weighted by Crippen LogP contribution is -2.14. The van der Waals surface area contributed by atoms with Gasteiger partial charge in [0.1, 0.15) is 5.01 Å². The summed E-state index contributed by atoms with van der Waals surface area (Å²) in [6.07, 6.45) is 0. The summed E-state index contributed by atoms with van der Waals surface area (Å²) < 4.78 is 27.6. The molecular weight excluding hydrogens is 352 g/mol. The van der Waals surface area contributed by atoms with Crippen LogP contribution in [0, 0.1) is 13.8 Å². The molecule has 1 aromatic carbocycles. The molecule has 0 saturated heterocycles. The third-order valence-corrected chi connectivity index (χ3v) is 5.38. The van der Waals surface area contributed by atoms with E-state index in [1.165, 1.54) is 17.4 Å². The van der Waals surface area contributed by atoms with Crippen molar-refractivity contribution in [1.82, 2.24) is 10.2 Å². The summed E-state index contributed by atoms with van der Waals surface area (Å²) in [5.41, 5.74) is 6.67. The molecule has 9 heteroatoms. The van der Waals surface area contributed by atoms with E-state index in [-0.39, 0.29) is 10.0 Å². The lowest BCUT2D eigenvalue weighted by atomic mass is 10.2. The van der Waals surface area contributed by atoms with Crippen LogP contribution >= 0.6 is 27.3 Å². The van der Waals surface area contributed by atoms with Gasteiger partial charge in [0.15, 0.2) is 0 Å². The Bertz CT molecular complexity index is 727. The molecule has 1 heterocycles. The predicted octanol–water partition coefficient (Wildman–Crippen LogP) is 2.30. The highest BCUT2D eigenvalue weighted by Gasteiger charge is 2.20. The lowest BCUT2D eigenvalue weighted by molar-refractivity contribution is 0.600. The maximum absolute atomic E-state index is 12.3. The number of sulfonamides is 1. The second-order valence-electron chi connectivity index (χ2n) is 3.87. The largest absolute Gasteiger partial charge is 0.398 e. The molecule has 0 saturated carbocycles. The maximum Gasteiger partial charge on any atom is 0.264 e. The Balaban J connectivity index is 2.42. The van der Waals surface area contributed by atoms with Crippen LogP contribution in [0.15, 0.2) is 21.5 Å². The number of nitrogen functional groups attached to an aromatic ring is 1. The molecule has 0 amide bonds. The van der Waals surface area contributed by atoms with E-state index in [9.17, 15) is 8.42 Å². The van der Waals surface area contributed by atoms with Crippen LogP contribution in [0.5, 0.6) is 0 Å². The Kier molecular flexibility index (Phi) is 3.79. The topological polar surface area (TPSA) is 98.0 Å². The van der Waals surface area contributed by atoms with E-state index in [1.807, 2.05) is 0 Å². The molecule has 19 heavy (non-hydrogen) atoms. The van der Waals surface area contributed by atoms with Gasteiger partial charge in [0.05, 0.1) is 4.90 Å². The fourth-order valence-electron chi connectivity index (χ4n) is 1.47. The SMILES string of the molecule is Cc1nnc(NS(=O)(=O)c2cc(N)c(Br)cc2C)s1. The van der Waals surface area contributed by atoms with Crippen molar-refractivity contribution in [3.05, 3.63) is 27.2 Å². The molecule has 3 N–H and O–H groups in total. The Morgan fingerprint density at radius 1 is 1.32 bits per heavy atom. The van der Waals surface area contributed by atoms with Crippen molar-refractivity contribution in [3.63, 3.8) is 0 Å². The molecule has 0 aliphatic carbocycles. The van der Waals surface area contributed by atoms with Gasteiger partial charge < -0.3 is 5.73 Å². The zero-order valence-electron chi connectivity index (χ0n) is 10.1. The van der Waals surface area contributed by atoms with Gasteiger partial charge >= 0.3 is 0 Å². The minimum atomic E-state index is -3.71. The minimum Gasteiger partial charge on any atom is -0.398 e. The van der Waals surface area contributed by atoms with E-state index in [4.69, 9.17) is 5.73 Å². The van der Waals surface area contributed by atoms with Crippen LogP contribution < -0.4 is 10.5 Å². The number of halogens is 1. The minimum absolute atomic E-state index is 0.126. The van der Waals surface area contributed by atoms with Gasteiger partial charge in [0.2, 0.25) is 5.13 Å². The average molecular weight is 363 g/mol. The van der Waals surface area contributed by atoms with Crippen molar-refractivity contribution in [2.24, 2.45) is 0 Å². The molecule has 0 spiro atoms. The average Bonchev–Trinajstić information content (AvgIpc) is 2.68. The summed E-state index contributed by atoms with van der Waals surface area (Å²) >= 11 is 4.43. The zero-order chi connectivity index (χ0) is 14.2. The molecular formula is C10H11BrN4O2S2. The fourth-order valence-corrected chi connectivity index (χ4v) is 4.01. The van der Waals surface area contributed by atoms with E-state index >= 15 is 0 Å². The summed E-state index contributed by atoms with van der Waals surface area (Å²) in [4.78, 5) is 0.126. The number of nitrogens with two attached hydrogens (primary N) is 1. The maximum atomic E-state index is 12.3. The first-order valence-corrected chi connectivity index (χ1v) is 8.27. The lowest BCUT2D eigenvalue weighted by Gasteiger charge is -2.10. The number of rotatable bonds is 3. The number of hydrogen-bond donors (Lipinski definition) is 2. The van der Waals surface area contributed by atoms with Crippen molar-refractivity contribution in [1.29, 1.82) is 0 Å². The number of benzene rings is 1. The predicted molar refractivity (Wildman–Crippen MR) is 78.7 cm³/mol. The van der Waals surface area contributed by atoms with Crippen LogP contribution in [0.4, 0.5) is 10.8 Å². The number of nitrogens with zero attached hydrogens (tertiary/aromatic N) is 2. The number of aryl methyl sites for hydroxylation is 2. The first-order valence-electron chi connectivity index (χ1n) is 5.18. The molecule has 2 rings (SSSR count). The van der Waals surface area contributed by atoms with Gasteiger partial charge in [-0.25, -0.2) is 8.42 Å². The van der Waals surface area contributed by atoms with E-state index in [0.29, 0.717) is 20.7 Å². The number of anilines is 2. The summed E-state index contributed by atoms with van der Waals surface area (Å²) in [6.45, 7) is 3.45. The third kappa shape index (κ3) is 3.04. The van der Waals surface area contributed by atoms with Gasteiger partial charge in [-0.05, 0) is 47.5 Å². The molecule has 0 aliphatic rings. The Morgan fingerprint density at radius 2 is 2.00 bits per heavy atom. The Hall–Kier alpha value is -1.19. The molecule has 1 aromatic heterocycles. The van der Waals surface area contributed by atoms with Gasteiger partial charge in [0.25, 0.3) is 10.0 Å². The van der Waals surface area contributed by atoms with Crippen LogP contribution in [0.1, 0.15) is 10.6 Å². The fraction of sp³-hybridized carbons (Fsp3) is 0.200. The van der Waals surface area contributed by atoms with Crippen LogP contribution in [0.3, 0.4) is 0 Å². The summed E-state index contributed by atoms with van der Waals surface area (Å²) in [5, 5.41) is 8.41. The second kappa shape index (κ2) is 5.06. The van der Waals surface area contributed by atoms with Crippen LogP contribution in [-0.4, -0.2) is 18.6 Å². The molecule has 0 atom stereocenters. The van der Waals surface area contributed by atoms with Crippen LogP contribution in [0.2, 0.25) is 0 Å². The third-order valence-electron chi connectivity index (χ3n) is 2.33. The summed E-state index contributed by atoms with van der Waals surface area (Å²) in [5.74, 6) is 0. The van der Waals surface area contributed by atoms with Gasteiger partial charge in [-0.15, -0.1) is 10.2 Å². The van der Waals surface area contributed by atoms with Crippen molar-refractivity contribution in [2.45, 2.75) is 18.7 Å².